The van der Waals surface area contributed by atoms with Crippen molar-refractivity contribution >= 4 is 23.1 Å². The van der Waals surface area contributed by atoms with Crippen LogP contribution in [-0.2, 0) is 16.6 Å². The Morgan fingerprint density at radius 1 is 1.22 bits per heavy atom. The number of benzene rings is 2. The van der Waals surface area contributed by atoms with Crippen molar-refractivity contribution in [2.24, 2.45) is 0 Å². The third kappa shape index (κ3) is 4.30. The second-order valence-corrected chi connectivity index (χ2v) is 7.84. The van der Waals surface area contributed by atoms with Crippen molar-refractivity contribution in [3.05, 3.63) is 63.7 Å². The van der Waals surface area contributed by atoms with Gasteiger partial charge in [-0.3, -0.25) is 10.1 Å². The SMILES string of the molecule is C[N+]1=C2CCCCC2(Cc2cc([N+](=O)[O-])ccc2O)c2ccccc21.O=C([O-])C(F)(F)F. The topological polar surface area (TPSA) is 107 Å². The Kier molecular flexibility index (Phi) is 6.25. The molecule has 2 aromatic carbocycles. The van der Waals surface area contributed by atoms with Crippen LogP contribution in [0.4, 0.5) is 24.5 Å². The summed E-state index contributed by atoms with van der Waals surface area (Å²) in [7, 11) is 2.11. The molecule has 0 radical (unpaired) electrons. The van der Waals surface area contributed by atoms with E-state index in [2.05, 4.69) is 29.8 Å². The highest BCUT2D eigenvalue weighted by molar-refractivity contribution is 5.96. The molecule has 1 N–H and O–H groups in total. The monoisotopic (exact) mass is 450 g/mol. The molecule has 1 aliphatic heterocycles. The van der Waals surface area contributed by atoms with Crippen LogP contribution in [0.3, 0.4) is 0 Å². The number of phenolic OH excluding ortho intramolecular Hbond substituents is 1. The highest BCUT2D eigenvalue weighted by Gasteiger charge is 2.52. The maximum Gasteiger partial charge on any atom is 0.430 e. The van der Waals surface area contributed by atoms with Gasteiger partial charge in [-0.25, -0.2) is 4.58 Å². The Morgan fingerprint density at radius 3 is 2.50 bits per heavy atom. The molecule has 1 saturated carbocycles. The zero-order chi connectivity index (χ0) is 23.7. The fraction of sp³-hybridized carbons (Fsp3) is 0.364. The van der Waals surface area contributed by atoms with Gasteiger partial charge in [0.05, 0.1) is 10.3 Å². The van der Waals surface area contributed by atoms with Gasteiger partial charge in [0.2, 0.25) is 5.69 Å². The van der Waals surface area contributed by atoms with Crippen LogP contribution in [-0.4, -0.2) is 39.5 Å². The van der Waals surface area contributed by atoms with Crippen LogP contribution in [0.15, 0.2) is 42.5 Å². The second kappa shape index (κ2) is 8.60. The molecular formula is C22H21F3N2O5. The number of carbonyl (C=O) groups excluding carboxylic acids is 1. The molecule has 1 unspecified atom stereocenters. The number of aromatic hydroxyl groups is 1. The van der Waals surface area contributed by atoms with Crippen LogP contribution in [0.1, 0.15) is 36.8 Å². The number of nitro groups is 1. The number of aliphatic carboxylic acids is 1. The zero-order valence-corrected chi connectivity index (χ0v) is 17.2. The lowest BCUT2D eigenvalue weighted by Gasteiger charge is -2.32. The molecule has 2 aromatic rings. The van der Waals surface area contributed by atoms with Crippen LogP contribution >= 0.6 is 0 Å². The molecule has 2 aliphatic rings. The van der Waals surface area contributed by atoms with Crippen molar-refractivity contribution in [3.63, 3.8) is 0 Å². The van der Waals surface area contributed by atoms with Crippen molar-refractivity contribution in [1.82, 2.24) is 0 Å². The van der Waals surface area contributed by atoms with Crippen LogP contribution < -0.4 is 5.11 Å². The minimum absolute atomic E-state index is 0.0289. The van der Waals surface area contributed by atoms with Gasteiger partial charge in [-0.2, -0.15) is 13.2 Å². The number of carbonyl (C=O) groups is 1. The molecule has 1 aliphatic carbocycles. The van der Waals surface area contributed by atoms with Gasteiger partial charge in [-0.1, -0.05) is 24.6 Å². The molecule has 7 nitrogen and oxygen atoms in total. The first-order chi connectivity index (χ1) is 15.0. The van der Waals surface area contributed by atoms with E-state index < -0.39 is 17.1 Å². The van der Waals surface area contributed by atoms with Gasteiger partial charge in [-0.15, -0.1) is 0 Å². The number of phenols is 1. The maximum absolute atomic E-state index is 11.1. The van der Waals surface area contributed by atoms with E-state index in [4.69, 9.17) is 9.90 Å². The minimum Gasteiger partial charge on any atom is -0.542 e. The summed E-state index contributed by atoms with van der Waals surface area (Å²) in [6.07, 6.45) is -0.276. The average molecular weight is 450 g/mol. The number of nitrogens with zero attached hydrogens (tertiary/aromatic N) is 2. The summed E-state index contributed by atoms with van der Waals surface area (Å²) < 4.78 is 33.8. The lowest BCUT2D eigenvalue weighted by molar-refractivity contribution is -0.404. The van der Waals surface area contributed by atoms with E-state index in [0.29, 0.717) is 12.0 Å². The standard InChI is InChI=1S/C20H20N2O3.C2HF3O2/c1-21-17-7-3-2-6-16(17)20(11-5-4-8-19(20)21)13-14-12-15(22(24)25)9-10-18(14)23;3-2(4,5)1(6)7/h2-3,6-7,9-10,12H,4-5,8,11,13H2,1H3;(H,6,7). The van der Waals surface area contributed by atoms with E-state index in [-0.39, 0.29) is 16.9 Å². The van der Waals surface area contributed by atoms with E-state index in [1.807, 2.05) is 6.07 Å². The van der Waals surface area contributed by atoms with Gasteiger partial charge < -0.3 is 15.0 Å². The summed E-state index contributed by atoms with van der Waals surface area (Å²) in [6.45, 7) is 0. The number of nitro benzene ring substituents is 1. The predicted molar refractivity (Wildman–Crippen MR) is 107 cm³/mol. The fourth-order valence-electron chi connectivity index (χ4n) is 4.64. The molecule has 0 spiro atoms. The van der Waals surface area contributed by atoms with Crippen molar-refractivity contribution in [2.45, 2.75) is 43.7 Å². The normalized spacial score (nSPS) is 19.5. The molecule has 1 atom stereocenters. The molecule has 4 rings (SSSR count). The number of halogens is 3. The Labute approximate surface area is 181 Å². The van der Waals surface area contributed by atoms with Crippen LogP contribution in [0, 0.1) is 10.1 Å². The Morgan fingerprint density at radius 2 is 1.88 bits per heavy atom. The molecule has 0 aromatic heterocycles. The van der Waals surface area contributed by atoms with Crippen LogP contribution in [0.2, 0.25) is 0 Å². The summed E-state index contributed by atoms with van der Waals surface area (Å²) in [5, 5.41) is 30.3. The Balaban J connectivity index is 0.000000360. The van der Waals surface area contributed by atoms with Gasteiger partial charge in [0.1, 0.15) is 18.8 Å². The number of para-hydroxylation sites is 1. The molecule has 1 heterocycles. The van der Waals surface area contributed by atoms with Crippen molar-refractivity contribution in [1.29, 1.82) is 0 Å². The van der Waals surface area contributed by atoms with E-state index in [0.717, 1.165) is 25.7 Å². The van der Waals surface area contributed by atoms with Crippen LogP contribution in [0.25, 0.3) is 0 Å². The van der Waals surface area contributed by atoms with E-state index in [1.54, 1.807) is 0 Å². The molecule has 10 heteroatoms. The fourth-order valence-corrected chi connectivity index (χ4v) is 4.64. The van der Waals surface area contributed by atoms with Gasteiger partial charge >= 0.3 is 6.18 Å². The summed E-state index contributed by atoms with van der Waals surface area (Å²) in [5.41, 5.74) is 4.37. The zero-order valence-electron chi connectivity index (χ0n) is 17.2. The van der Waals surface area contributed by atoms with Gasteiger partial charge in [-0.05, 0) is 25.3 Å². The lowest BCUT2D eigenvalue weighted by atomic mass is 9.66. The van der Waals surface area contributed by atoms with E-state index >= 15 is 0 Å². The number of carboxylic acids is 1. The van der Waals surface area contributed by atoms with Crippen molar-refractivity contribution < 1.29 is 37.7 Å². The summed E-state index contributed by atoms with van der Waals surface area (Å²) >= 11 is 0. The predicted octanol–water partition coefficient (Wildman–Crippen LogP) is 3.38. The number of hydrogen-bond acceptors (Lipinski definition) is 5. The first-order valence-corrected chi connectivity index (χ1v) is 9.91. The molecule has 32 heavy (non-hydrogen) atoms. The van der Waals surface area contributed by atoms with E-state index in [1.165, 1.54) is 35.2 Å². The minimum atomic E-state index is -5.19. The summed E-state index contributed by atoms with van der Waals surface area (Å²) in [4.78, 5) is 19.5. The molecule has 0 amide bonds. The number of rotatable bonds is 3. The molecule has 1 fully saturated rings. The number of non-ortho nitro benzene ring substituents is 1. The Hall–Kier alpha value is -3.43. The van der Waals surface area contributed by atoms with Crippen LogP contribution in [0.5, 0.6) is 5.75 Å². The Bertz CT molecular complexity index is 1100. The number of hydrogen-bond donors (Lipinski definition) is 1. The second-order valence-electron chi connectivity index (χ2n) is 7.84. The first kappa shape index (κ1) is 23.2. The van der Waals surface area contributed by atoms with Crippen molar-refractivity contribution in [3.8, 4) is 5.75 Å². The van der Waals surface area contributed by atoms with Gasteiger partial charge in [0.15, 0.2) is 5.71 Å². The smallest absolute Gasteiger partial charge is 0.430 e. The first-order valence-electron chi connectivity index (χ1n) is 9.91. The maximum atomic E-state index is 11.1. The number of alkyl halides is 3. The third-order valence-corrected chi connectivity index (χ3v) is 6.00. The van der Waals surface area contributed by atoms with Gasteiger partial charge in [0, 0.05) is 35.7 Å². The quantitative estimate of drug-likeness (QED) is 0.438. The average Bonchev–Trinajstić information content (AvgIpc) is 2.98. The highest BCUT2D eigenvalue weighted by Crippen LogP contribution is 2.49. The summed E-state index contributed by atoms with van der Waals surface area (Å²) in [5.74, 6) is -2.87. The van der Waals surface area contributed by atoms with Crippen molar-refractivity contribution in [2.75, 3.05) is 7.05 Å². The summed E-state index contributed by atoms with van der Waals surface area (Å²) in [6, 6.07) is 12.7. The van der Waals surface area contributed by atoms with Gasteiger partial charge in [0.25, 0.3) is 5.69 Å². The number of carboxylic acid groups (broad SMARTS) is 1. The third-order valence-electron chi connectivity index (χ3n) is 6.00. The van der Waals surface area contributed by atoms with E-state index in [9.17, 15) is 28.4 Å². The lowest BCUT2D eigenvalue weighted by Crippen LogP contribution is -2.40. The molecule has 170 valence electrons. The molecular weight excluding hydrogens is 429 g/mol. The molecule has 0 bridgehead atoms. The largest absolute Gasteiger partial charge is 0.542 e. The molecule has 0 saturated heterocycles. The highest BCUT2D eigenvalue weighted by atomic mass is 19.4. The number of fused-ring (bicyclic) bond motifs is 3.